The molecule has 0 aromatic heterocycles. The molecular weight excluding hydrogens is 474 g/mol. The summed E-state index contributed by atoms with van der Waals surface area (Å²) in [4.78, 5) is 25.6. The van der Waals surface area contributed by atoms with E-state index in [1.807, 2.05) is 18.2 Å². The Labute approximate surface area is 228 Å². The zero-order valence-corrected chi connectivity index (χ0v) is 24.1. The fraction of sp³-hybridized carbons (Fsp3) is 0.697. The van der Waals surface area contributed by atoms with Crippen LogP contribution < -0.4 is 5.73 Å². The number of hydrogen-bond acceptors (Lipinski definition) is 5. The molecule has 10 atom stereocenters. The van der Waals surface area contributed by atoms with E-state index < -0.39 is 6.10 Å². The van der Waals surface area contributed by atoms with Gasteiger partial charge in [0, 0.05) is 25.0 Å². The quantitative estimate of drug-likeness (QED) is 0.396. The number of aliphatic hydroxyl groups is 1. The highest BCUT2D eigenvalue weighted by Crippen LogP contribution is 2.74. The monoisotopic (exact) mass is 521 g/mol. The molecule has 5 heteroatoms. The Hall–Kier alpha value is -1.98. The summed E-state index contributed by atoms with van der Waals surface area (Å²) in [5.74, 6) is 0.904. The normalized spacial score (nSPS) is 45.4. The average molecular weight is 522 g/mol. The molecule has 0 radical (unpaired) electrons. The summed E-state index contributed by atoms with van der Waals surface area (Å²) in [7, 11) is 0. The Bertz CT molecular complexity index is 1130. The number of carbonyl (C=O) groups is 2. The van der Waals surface area contributed by atoms with Crippen molar-refractivity contribution < 1.29 is 19.4 Å². The van der Waals surface area contributed by atoms with Crippen molar-refractivity contribution in [1.29, 1.82) is 0 Å². The lowest BCUT2D eigenvalue weighted by molar-refractivity contribution is -0.204. The van der Waals surface area contributed by atoms with E-state index in [1.54, 1.807) is 6.92 Å². The molecule has 0 saturated heterocycles. The number of Topliss-reactive ketones (excluding diaryl/α,β-unsaturated/α-hetero) is 1. The van der Waals surface area contributed by atoms with Crippen molar-refractivity contribution in [1.82, 2.24) is 0 Å². The van der Waals surface area contributed by atoms with Crippen LogP contribution in [0.25, 0.3) is 0 Å². The second-order valence-corrected chi connectivity index (χ2v) is 13.8. The van der Waals surface area contributed by atoms with Crippen LogP contribution in [0.1, 0.15) is 85.6 Å². The summed E-state index contributed by atoms with van der Waals surface area (Å²) in [6, 6.07) is 10.1. The van der Waals surface area contributed by atoms with Crippen molar-refractivity contribution in [2.24, 2.45) is 45.7 Å². The fourth-order valence-corrected chi connectivity index (χ4v) is 10.3. The number of carbonyl (C=O) groups excluding carboxylic acids is 2. The lowest BCUT2D eigenvalue weighted by Crippen LogP contribution is -2.67. The van der Waals surface area contributed by atoms with Gasteiger partial charge in [-0.15, -0.1) is 0 Å². The van der Waals surface area contributed by atoms with Crippen LogP contribution in [0.5, 0.6) is 0 Å². The molecule has 3 N–H and O–H groups in total. The van der Waals surface area contributed by atoms with Gasteiger partial charge in [0.1, 0.15) is 6.10 Å². The average Bonchev–Trinajstić information content (AvgIpc) is 3.12. The zero-order chi connectivity index (χ0) is 27.6. The maximum Gasteiger partial charge on any atom is 0.303 e. The number of hydrogen-bond donors (Lipinski definition) is 2. The number of benzene rings is 1. The van der Waals surface area contributed by atoms with E-state index in [9.17, 15) is 14.7 Å². The number of rotatable bonds is 4. The van der Waals surface area contributed by atoms with E-state index in [-0.39, 0.29) is 52.0 Å². The molecule has 0 unspecified atom stereocenters. The predicted octanol–water partition coefficient (Wildman–Crippen LogP) is 5.63. The highest BCUT2D eigenvalue weighted by atomic mass is 16.5. The Morgan fingerprint density at radius 2 is 1.74 bits per heavy atom. The van der Waals surface area contributed by atoms with Crippen molar-refractivity contribution >= 4 is 11.8 Å². The van der Waals surface area contributed by atoms with Crippen molar-refractivity contribution in [3.8, 4) is 0 Å². The van der Waals surface area contributed by atoms with Crippen LogP contribution in [-0.2, 0) is 20.7 Å². The molecular formula is C33H47NO4. The summed E-state index contributed by atoms with van der Waals surface area (Å²) in [5.41, 5.74) is 9.99. The van der Waals surface area contributed by atoms with Crippen LogP contribution in [0.3, 0.4) is 0 Å². The van der Waals surface area contributed by atoms with Crippen molar-refractivity contribution in [3.05, 3.63) is 47.0 Å². The summed E-state index contributed by atoms with van der Waals surface area (Å²) in [6.07, 6.45) is 5.41. The van der Waals surface area contributed by atoms with Gasteiger partial charge in [-0.1, -0.05) is 58.0 Å². The van der Waals surface area contributed by atoms with Crippen LogP contribution >= 0.6 is 0 Å². The molecule has 0 amide bonds. The van der Waals surface area contributed by atoms with Crippen LogP contribution in [0.15, 0.2) is 41.5 Å². The lowest BCUT2D eigenvalue weighted by atomic mass is 9.36. The Balaban J connectivity index is 1.63. The Kier molecular flexibility index (Phi) is 6.96. The van der Waals surface area contributed by atoms with Gasteiger partial charge in [0.15, 0.2) is 5.78 Å². The van der Waals surface area contributed by atoms with E-state index >= 15 is 0 Å². The number of esters is 1. The van der Waals surface area contributed by atoms with Gasteiger partial charge in [-0.2, -0.15) is 0 Å². The molecule has 0 bridgehead atoms. The van der Waals surface area contributed by atoms with Crippen LogP contribution in [0, 0.1) is 39.9 Å². The largest absolute Gasteiger partial charge is 0.458 e. The minimum atomic E-state index is -0.398. The fourth-order valence-electron chi connectivity index (χ4n) is 10.3. The number of ether oxygens (including phenoxy) is 1. The lowest BCUT2D eigenvalue weighted by Gasteiger charge is -2.69. The van der Waals surface area contributed by atoms with E-state index in [2.05, 4.69) is 39.8 Å². The summed E-state index contributed by atoms with van der Waals surface area (Å²) >= 11 is 0. The molecule has 208 valence electrons. The number of fused-ring (bicyclic) bond motifs is 5. The van der Waals surface area contributed by atoms with Gasteiger partial charge < -0.3 is 15.6 Å². The van der Waals surface area contributed by atoms with Gasteiger partial charge in [-0.3, -0.25) is 9.59 Å². The van der Waals surface area contributed by atoms with E-state index in [1.165, 1.54) is 6.92 Å². The standard InChI is InChI=1S/C33H47NO4/c1-19-24-12-15-32(5)30(31(24,4)14-13-27(19)37)26(34)17-25-29(28(38-21(3)36)18-33(25,32)6)23(20(2)35)16-22-10-8-7-9-11-22/h7-11,19,24-28,30,37H,12-18,34H2,1-6H3/b29-23-/t19-,24-,25-,26+,27+,28-,30-,31-,32-,33-/m0/s1. The molecule has 5 rings (SSSR count). The second kappa shape index (κ2) is 9.59. The maximum absolute atomic E-state index is 13.2. The first-order valence-electron chi connectivity index (χ1n) is 14.7. The van der Waals surface area contributed by atoms with Crippen LogP contribution in [0.4, 0.5) is 0 Å². The Morgan fingerprint density at radius 1 is 1.05 bits per heavy atom. The highest BCUT2D eigenvalue weighted by molar-refractivity contribution is 5.95. The minimum Gasteiger partial charge on any atom is -0.458 e. The van der Waals surface area contributed by atoms with E-state index in [4.69, 9.17) is 10.5 Å². The van der Waals surface area contributed by atoms with Crippen molar-refractivity contribution in [2.45, 2.75) is 105 Å². The smallest absolute Gasteiger partial charge is 0.303 e. The first-order valence-corrected chi connectivity index (χ1v) is 14.7. The maximum atomic E-state index is 13.2. The molecule has 1 aromatic carbocycles. The minimum absolute atomic E-state index is 0.00988. The first-order chi connectivity index (χ1) is 17.8. The third-order valence-corrected chi connectivity index (χ3v) is 12.1. The predicted molar refractivity (Wildman–Crippen MR) is 149 cm³/mol. The first kappa shape index (κ1) is 27.6. The van der Waals surface area contributed by atoms with Gasteiger partial charge >= 0.3 is 5.97 Å². The van der Waals surface area contributed by atoms with Crippen LogP contribution in [0.2, 0.25) is 0 Å². The molecule has 38 heavy (non-hydrogen) atoms. The molecule has 4 aliphatic carbocycles. The summed E-state index contributed by atoms with van der Waals surface area (Å²) < 4.78 is 6.05. The number of nitrogens with two attached hydrogens (primary N) is 1. The van der Waals surface area contributed by atoms with E-state index in [0.29, 0.717) is 18.3 Å². The Morgan fingerprint density at radius 3 is 2.37 bits per heavy atom. The molecule has 0 spiro atoms. The van der Waals surface area contributed by atoms with Crippen molar-refractivity contribution in [2.75, 3.05) is 0 Å². The number of ketones is 1. The molecule has 4 saturated carbocycles. The number of allylic oxidation sites excluding steroid dienone is 1. The van der Waals surface area contributed by atoms with Crippen molar-refractivity contribution in [3.63, 3.8) is 0 Å². The molecule has 0 aliphatic heterocycles. The number of aliphatic hydroxyl groups excluding tert-OH is 1. The third kappa shape index (κ3) is 4.02. The van der Waals surface area contributed by atoms with Gasteiger partial charge in [0.2, 0.25) is 0 Å². The van der Waals surface area contributed by atoms with Gasteiger partial charge in [-0.05, 0) is 96.5 Å². The highest BCUT2D eigenvalue weighted by Gasteiger charge is 2.70. The summed E-state index contributed by atoms with van der Waals surface area (Å²) in [5, 5.41) is 10.7. The molecule has 4 aliphatic rings. The third-order valence-electron chi connectivity index (χ3n) is 12.1. The van der Waals surface area contributed by atoms with Crippen LogP contribution in [-0.4, -0.2) is 35.1 Å². The molecule has 0 heterocycles. The molecule has 1 aromatic rings. The van der Waals surface area contributed by atoms with E-state index in [0.717, 1.165) is 55.2 Å². The molecule has 5 nitrogen and oxygen atoms in total. The van der Waals surface area contributed by atoms with Gasteiger partial charge in [-0.25, -0.2) is 0 Å². The summed E-state index contributed by atoms with van der Waals surface area (Å²) in [6.45, 7) is 12.6. The second-order valence-electron chi connectivity index (χ2n) is 13.8. The van der Waals surface area contributed by atoms with Gasteiger partial charge in [0.25, 0.3) is 0 Å². The van der Waals surface area contributed by atoms with Gasteiger partial charge in [0.05, 0.1) is 6.10 Å². The topological polar surface area (TPSA) is 89.6 Å². The zero-order valence-electron chi connectivity index (χ0n) is 24.1. The SMILES string of the molecule is CC(=O)O[C@H]1C[C@@]2(C)[C@@H](C[C@@H](N)[C@H]3[C@@]4(C)CC[C@@H](O)[C@@H](C)[C@@H]4CC[C@@]32C)/C1=C(\Cc1ccccc1)C(C)=O. The molecule has 4 fully saturated rings.